The average Bonchev–Trinajstić information content (AvgIpc) is 2.73. The Hall–Kier alpha value is -1.41. The van der Waals surface area contributed by atoms with Gasteiger partial charge in [0.2, 0.25) is 5.91 Å². The second-order valence-electron chi connectivity index (χ2n) is 4.46. The molecule has 0 bridgehead atoms. The van der Waals surface area contributed by atoms with E-state index in [0.717, 1.165) is 5.82 Å². The van der Waals surface area contributed by atoms with Crippen LogP contribution in [0.15, 0.2) is 27.8 Å². The maximum absolute atomic E-state index is 13.7. The number of aryl methyl sites for hydroxylation is 1. The van der Waals surface area contributed by atoms with Gasteiger partial charge in [-0.1, -0.05) is 27.7 Å². The highest BCUT2D eigenvalue weighted by molar-refractivity contribution is 9.10. The minimum Gasteiger partial charge on any atom is -0.323 e. The second kappa shape index (κ2) is 6.57. The van der Waals surface area contributed by atoms with E-state index in [2.05, 4.69) is 31.4 Å². The molecule has 1 atom stereocenters. The molecule has 0 radical (unpaired) electrons. The van der Waals surface area contributed by atoms with E-state index in [-0.39, 0.29) is 11.6 Å². The fourth-order valence-electron chi connectivity index (χ4n) is 1.53. The van der Waals surface area contributed by atoms with Gasteiger partial charge in [0.05, 0.1) is 10.9 Å². The molecule has 0 aliphatic heterocycles. The molecule has 112 valence electrons. The number of benzene rings is 1. The molecule has 0 spiro atoms. The smallest absolute Gasteiger partial charge is 0.237 e. The molecule has 21 heavy (non-hydrogen) atoms. The number of carbonyl (C=O) groups is 1. The maximum Gasteiger partial charge on any atom is 0.237 e. The van der Waals surface area contributed by atoms with Crippen LogP contribution in [0.4, 0.5) is 10.1 Å². The van der Waals surface area contributed by atoms with Crippen molar-refractivity contribution in [3.05, 3.63) is 34.3 Å². The van der Waals surface area contributed by atoms with E-state index in [9.17, 15) is 9.18 Å². The quantitative estimate of drug-likeness (QED) is 0.837. The Morgan fingerprint density at radius 2 is 2.19 bits per heavy atom. The van der Waals surface area contributed by atoms with Crippen LogP contribution in [0.2, 0.25) is 0 Å². The Morgan fingerprint density at radius 3 is 2.76 bits per heavy atom. The first-order valence-corrected chi connectivity index (χ1v) is 7.84. The number of nitrogens with one attached hydrogen (secondary N) is 1. The summed E-state index contributed by atoms with van der Waals surface area (Å²) in [5.41, 5.74) is 0.157. The van der Waals surface area contributed by atoms with Gasteiger partial charge in [-0.15, -0.1) is 10.2 Å². The second-order valence-corrected chi connectivity index (χ2v) is 6.69. The predicted octanol–water partition coefficient (Wildman–Crippen LogP) is 3.14. The van der Waals surface area contributed by atoms with Gasteiger partial charge < -0.3 is 9.88 Å². The number of hydrogen-bond donors (Lipinski definition) is 1. The molecule has 0 fully saturated rings. The van der Waals surface area contributed by atoms with Crippen molar-refractivity contribution in [3.63, 3.8) is 0 Å². The number of amides is 1. The number of thioether (sulfide) groups is 1. The first-order valence-electron chi connectivity index (χ1n) is 6.17. The van der Waals surface area contributed by atoms with Crippen LogP contribution in [0.5, 0.6) is 0 Å². The highest BCUT2D eigenvalue weighted by atomic mass is 79.9. The predicted molar refractivity (Wildman–Crippen MR) is 83.8 cm³/mol. The van der Waals surface area contributed by atoms with Gasteiger partial charge in [0.25, 0.3) is 0 Å². The Labute approximate surface area is 134 Å². The highest BCUT2D eigenvalue weighted by Gasteiger charge is 2.19. The lowest BCUT2D eigenvalue weighted by molar-refractivity contribution is -0.115. The van der Waals surface area contributed by atoms with Gasteiger partial charge in [-0.2, -0.15) is 0 Å². The first kappa shape index (κ1) is 16.0. The molecular formula is C13H14BrFN4OS. The van der Waals surface area contributed by atoms with Crippen molar-refractivity contribution in [1.29, 1.82) is 0 Å². The number of carbonyl (C=O) groups excluding carboxylic acids is 1. The Morgan fingerprint density at radius 1 is 1.48 bits per heavy atom. The summed E-state index contributed by atoms with van der Waals surface area (Å²) in [4.78, 5) is 12.1. The molecule has 0 aliphatic rings. The minimum absolute atomic E-state index is 0.157. The third-order valence-electron chi connectivity index (χ3n) is 2.89. The zero-order chi connectivity index (χ0) is 15.6. The van der Waals surface area contributed by atoms with Crippen LogP contribution in [0.3, 0.4) is 0 Å². The van der Waals surface area contributed by atoms with Crippen LogP contribution in [-0.4, -0.2) is 25.9 Å². The molecule has 1 heterocycles. The summed E-state index contributed by atoms with van der Waals surface area (Å²) in [5.74, 6) is -0.00429. The summed E-state index contributed by atoms with van der Waals surface area (Å²) in [6.45, 7) is 3.57. The van der Waals surface area contributed by atoms with Gasteiger partial charge in [0.1, 0.15) is 11.6 Å². The van der Waals surface area contributed by atoms with Gasteiger partial charge >= 0.3 is 0 Å². The fourth-order valence-corrected chi connectivity index (χ4v) is 2.72. The fraction of sp³-hybridized carbons (Fsp3) is 0.308. The van der Waals surface area contributed by atoms with Crippen molar-refractivity contribution in [2.75, 3.05) is 5.32 Å². The molecule has 5 nitrogen and oxygen atoms in total. The summed E-state index contributed by atoms with van der Waals surface area (Å²) in [5, 5.41) is 10.7. The molecule has 0 aliphatic carbocycles. The lowest BCUT2D eigenvalue weighted by Crippen LogP contribution is -2.23. The summed E-state index contributed by atoms with van der Waals surface area (Å²) in [6.07, 6.45) is 0. The third kappa shape index (κ3) is 3.82. The van der Waals surface area contributed by atoms with E-state index >= 15 is 0 Å². The molecule has 2 aromatic rings. The molecule has 1 amide bonds. The number of anilines is 1. The maximum atomic E-state index is 13.7. The van der Waals surface area contributed by atoms with E-state index in [1.54, 1.807) is 17.6 Å². The van der Waals surface area contributed by atoms with E-state index in [1.165, 1.54) is 23.9 Å². The van der Waals surface area contributed by atoms with Crippen molar-refractivity contribution in [3.8, 4) is 0 Å². The molecule has 8 heteroatoms. The van der Waals surface area contributed by atoms with Crippen LogP contribution < -0.4 is 5.32 Å². The molecule has 0 saturated carbocycles. The minimum atomic E-state index is -0.482. The number of nitrogens with zero attached hydrogens (tertiary/aromatic N) is 3. The normalized spacial score (nSPS) is 12.2. The molecule has 2 rings (SSSR count). The summed E-state index contributed by atoms with van der Waals surface area (Å²) >= 11 is 4.44. The van der Waals surface area contributed by atoms with Crippen LogP contribution >= 0.6 is 27.7 Å². The van der Waals surface area contributed by atoms with Crippen molar-refractivity contribution in [2.45, 2.75) is 24.3 Å². The van der Waals surface area contributed by atoms with Crippen molar-refractivity contribution in [2.24, 2.45) is 7.05 Å². The van der Waals surface area contributed by atoms with E-state index in [0.29, 0.717) is 9.63 Å². The van der Waals surface area contributed by atoms with Crippen molar-refractivity contribution < 1.29 is 9.18 Å². The van der Waals surface area contributed by atoms with Crippen LogP contribution in [0.25, 0.3) is 0 Å². The number of hydrogen-bond acceptors (Lipinski definition) is 4. The molecule has 1 aromatic heterocycles. The molecular weight excluding hydrogens is 359 g/mol. The average molecular weight is 373 g/mol. The Kier molecular flexibility index (Phi) is 5.00. The van der Waals surface area contributed by atoms with Gasteiger partial charge in [0, 0.05) is 11.5 Å². The lowest BCUT2D eigenvalue weighted by Gasteiger charge is -2.12. The monoisotopic (exact) mass is 372 g/mol. The third-order valence-corrected chi connectivity index (χ3v) is 4.52. The Bertz CT molecular complexity index is 676. The zero-order valence-corrected chi connectivity index (χ0v) is 14.1. The molecule has 0 saturated heterocycles. The highest BCUT2D eigenvalue weighted by Crippen LogP contribution is 2.24. The van der Waals surface area contributed by atoms with Gasteiger partial charge in [-0.05, 0) is 32.0 Å². The van der Waals surface area contributed by atoms with Gasteiger partial charge in [-0.25, -0.2) is 4.39 Å². The standard InChI is InChI=1S/C13H14BrFN4OS/c1-7(21-13-18-17-8(2)19(13)3)12(20)16-11-5-4-9(14)6-10(11)15/h4-7H,1-3H3,(H,16,20)/t7-/m1/s1. The van der Waals surface area contributed by atoms with E-state index in [1.807, 2.05) is 14.0 Å². The van der Waals surface area contributed by atoms with E-state index < -0.39 is 11.1 Å². The molecule has 1 N–H and O–H groups in total. The van der Waals surface area contributed by atoms with Gasteiger partial charge in [-0.3, -0.25) is 4.79 Å². The number of halogens is 2. The van der Waals surface area contributed by atoms with E-state index in [4.69, 9.17) is 0 Å². The van der Waals surface area contributed by atoms with Crippen molar-refractivity contribution >= 4 is 39.3 Å². The van der Waals surface area contributed by atoms with Crippen LogP contribution in [-0.2, 0) is 11.8 Å². The first-order chi connectivity index (χ1) is 9.88. The Balaban J connectivity index is 2.04. The number of aromatic nitrogens is 3. The van der Waals surface area contributed by atoms with Gasteiger partial charge in [0.15, 0.2) is 5.16 Å². The molecule has 0 unspecified atom stereocenters. The summed E-state index contributed by atoms with van der Waals surface area (Å²) in [7, 11) is 1.83. The lowest BCUT2D eigenvalue weighted by atomic mass is 10.3. The SMILES string of the molecule is Cc1nnc(S[C@H](C)C(=O)Nc2ccc(Br)cc2F)n1C. The molecule has 1 aromatic carbocycles. The zero-order valence-electron chi connectivity index (χ0n) is 11.7. The van der Waals surface area contributed by atoms with Crippen LogP contribution in [0.1, 0.15) is 12.7 Å². The van der Waals surface area contributed by atoms with Crippen molar-refractivity contribution in [1.82, 2.24) is 14.8 Å². The van der Waals surface area contributed by atoms with Crippen LogP contribution in [0, 0.1) is 12.7 Å². The summed E-state index contributed by atoms with van der Waals surface area (Å²) < 4.78 is 16.1. The summed E-state index contributed by atoms with van der Waals surface area (Å²) in [6, 6.07) is 4.49. The largest absolute Gasteiger partial charge is 0.323 e. The number of rotatable bonds is 4. The topological polar surface area (TPSA) is 59.8 Å².